The van der Waals surface area contributed by atoms with E-state index in [1.165, 1.54) is 6.07 Å². The molecule has 0 radical (unpaired) electrons. The van der Waals surface area contributed by atoms with Crippen LogP contribution in [-0.2, 0) is 10.0 Å². The first-order valence-electron chi connectivity index (χ1n) is 6.99. The van der Waals surface area contributed by atoms with E-state index in [2.05, 4.69) is 4.90 Å². The largest absolute Gasteiger partial charge is 0.297 e. The third-order valence-electron chi connectivity index (χ3n) is 4.01. The van der Waals surface area contributed by atoms with Crippen LogP contribution in [-0.4, -0.2) is 60.7 Å². The molecule has 1 atom stereocenters. The molecule has 0 aliphatic carbocycles. The molecule has 1 aromatic carbocycles. The molecular formula is C14H18N2O3S2. The van der Waals surface area contributed by atoms with Crippen LogP contribution in [0.2, 0.25) is 0 Å². The third kappa shape index (κ3) is 2.58. The lowest BCUT2D eigenvalue weighted by atomic mass is 10.2. The topological polar surface area (TPSA) is 57.7 Å². The van der Waals surface area contributed by atoms with Crippen LogP contribution >= 0.6 is 11.8 Å². The van der Waals surface area contributed by atoms with E-state index >= 15 is 0 Å². The van der Waals surface area contributed by atoms with Gasteiger partial charge in [-0.2, -0.15) is 11.8 Å². The number of nitrogens with zero attached hydrogens (tertiary/aromatic N) is 2. The van der Waals surface area contributed by atoms with Gasteiger partial charge < -0.3 is 0 Å². The zero-order chi connectivity index (χ0) is 15.0. The summed E-state index contributed by atoms with van der Waals surface area (Å²) in [6.45, 7) is 4.10. The lowest BCUT2D eigenvalue weighted by Crippen LogP contribution is -2.47. The Bertz CT molecular complexity index is 654. The highest BCUT2D eigenvalue weighted by molar-refractivity contribution is 7.99. The quantitative estimate of drug-likeness (QED) is 0.837. The number of thioether (sulfide) groups is 1. The molecule has 1 aromatic rings. The molecule has 0 spiro atoms. The van der Waals surface area contributed by atoms with Gasteiger partial charge in [0.05, 0.1) is 12.1 Å². The Hall–Kier alpha value is -1.05. The minimum atomic E-state index is -3.68. The SMILES string of the molecule is CC(CN1C(=O)c2ccccc2S1(=O)=O)N1CCSCC1. The summed E-state index contributed by atoms with van der Waals surface area (Å²) in [5, 5.41) is 0. The Balaban J connectivity index is 1.82. The fraction of sp³-hybridized carbons (Fsp3) is 0.500. The van der Waals surface area contributed by atoms with Crippen molar-refractivity contribution >= 4 is 27.7 Å². The molecule has 2 aliphatic rings. The van der Waals surface area contributed by atoms with Crippen molar-refractivity contribution in [2.45, 2.75) is 17.9 Å². The number of benzene rings is 1. The number of carbonyl (C=O) groups is 1. The van der Waals surface area contributed by atoms with E-state index in [-0.39, 0.29) is 17.5 Å². The highest BCUT2D eigenvalue weighted by atomic mass is 32.2. The monoisotopic (exact) mass is 326 g/mol. The van der Waals surface area contributed by atoms with Gasteiger partial charge in [0.25, 0.3) is 15.9 Å². The number of amides is 1. The van der Waals surface area contributed by atoms with Gasteiger partial charge in [0.1, 0.15) is 4.90 Å². The van der Waals surface area contributed by atoms with Gasteiger partial charge in [-0.3, -0.25) is 9.69 Å². The Kier molecular flexibility index (Phi) is 3.98. The lowest BCUT2D eigenvalue weighted by molar-refractivity contribution is 0.0838. The number of carbonyl (C=O) groups excluding carboxylic acids is 1. The predicted octanol–water partition coefficient (Wildman–Crippen LogP) is 1.27. The summed E-state index contributed by atoms with van der Waals surface area (Å²) in [6.07, 6.45) is 0. The van der Waals surface area contributed by atoms with Crippen molar-refractivity contribution < 1.29 is 13.2 Å². The highest BCUT2D eigenvalue weighted by Crippen LogP contribution is 2.30. The molecule has 114 valence electrons. The van der Waals surface area contributed by atoms with Gasteiger partial charge in [0.2, 0.25) is 0 Å². The van der Waals surface area contributed by atoms with E-state index in [1.54, 1.807) is 18.2 Å². The second-order valence-corrected chi connectivity index (χ2v) is 8.39. The second-order valence-electron chi connectivity index (χ2n) is 5.33. The van der Waals surface area contributed by atoms with Crippen LogP contribution in [0.5, 0.6) is 0 Å². The molecule has 2 aliphatic heterocycles. The Morgan fingerprint density at radius 1 is 1.24 bits per heavy atom. The molecular weight excluding hydrogens is 308 g/mol. The zero-order valence-corrected chi connectivity index (χ0v) is 13.5. The van der Waals surface area contributed by atoms with Crippen LogP contribution in [0.1, 0.15) is 17.3 Å². The maximum absolute atomic E-state index is 12.5. The van der Waals surface area contributed by atoms with Gasteiger partial charge in [-0.15, -0.1) is 0 Å². The normalized spacial score (nSPS) is 23.1. The van der Waals surface area contributed by atoms with Crippen molar-refractivity contribution in [2.24, 2.45) is 0 Å². The van der Waals surface area contributed by atoms with Gasteiger partial charge in [0, 0.05) is 30.6 Å². The minimum Gasteiger partial charge on any atom is -0.297 e. The van der Waals surface area contributed by atoms with Gasteiger partial charge in [-0.25, -0.2) is 12.7 Å². The van der Waals surface area contributed by atoms with Gasteiger partial charge in [-0.1, -0.05) is 12.1 Å². The molecule has 0 N–H and O–H groups in total. The van der Waals surface area contributed by atoms with Crippen molar-refractivity contribution in [3.63, 3.8) is 0 Å². The van der Waals surface area contributed by atoms with E-state index < -0.39 is 15.9 Å². The Labute approximate surface area is 129 Å². The summed E-state index contributed by atoms with van der Waals surface area (Å²) in [4.78, 5) is 14.7. The van der Waals surface area contributed by atoms with Crippen molar-refractivity contribution in [1.82, 2.24) is 9.21 Å². The summed E-state index contributed by atoms with van der Waals surface area (Å²) in [7, 11) is -3.68. The van der Waals surface area contributed by atoms with Crippen LogP contribution < -0.4 is 0 Å². The Morgan fingerprint density at radius 3 is 2.57 bits per heavy atom. The molecule has 1 amide bonds. The summed E-state index contributed by atoms with van der Waals surface area (Å²) in [6, 6.07) is 6.47. The van der Waals surface area contributed by atoms with Gasteiger partial charge in [0.15, 0.2) is 0 Å². The number of rotatable bonds is 3. The fourth-order valence-electron chi connectivity index (χ4n) is 2.79. The number of fused-ring (bicyclic) bond motifs is 1. The number of hydrogen-bond donors (Lipinski definition) is 0. The van der Waals surface area contributed by atoms with E-state index in [0.29, 0.717) is 5.56 Å². The molecule has 1 fully saturated rings. The smallest absolute Gasteiger partial charge is 0.269 e. The van der Waals surface area contributed by atoms with Crippen molar-refractivity contribution in [2.75, 3.05) is 31.1 Å². The van der Waals surface area contributed by atoms with Crippen LogP contribution in [0.3, 0.4) is 0 Å². The second kappa shape index (κ2) is 5.62. The summed E-state index contributed by atoms with van der Waals surface area (Å²) >= 11 is 1.91. The molecule has 0 bridgehead atoms. The van der Waals surface area contributed by atoms with Gasteiger partial charge >= 0.3 is 0 Å². The fourth-order valence-corrected chi connectivity index (χ4v) is 5.37. The number of hydrogen-bond acceptors (Lipinski definition) is 5. The van der Waals surface area contributed by atoms with Crippen molar-refractivity contribution in [3.05, 3.63) is 29.8 Å². The maximum atomic E-state index is 12.5. The molecule has 3 rings (SSSR count). The first-order chi connectivity index (χ1) is 10.0. The van der Waals surface area contributed by atoms with E-state index in [9.17, 15) is 13.2 Å². The summed E-state index contributed by atoms with van der Waals surface area (Å²) in [5.41, 5.74) is 0.291. The van der Waals surface area contributed by atoms with E-state index in [1.807, 2.05) is 18.7 Å². The predicted molar refractivity (Wildman–Crippen MR) is 83.0 cm³/mol. The summed E-state index contributed by atoms with van der Waals surface area (Å²) in [5.74, 6) is 1.72. The average Bonchev–Trinajstić information content (AvgIpc) is 2.70. The van der Waals surface area contributed by atoms with E-state index in [4.69, 9.17) is 0 Å². The van der Waals surface area contributed by atoms with Crippen LogP contribution in [0, 0.1) is 0 Å². The van der Waals surface area contributed by atoms with Crippen molar-refractivity contribution in [3.8, 4) is 0 Å². The third-order valence-corrected chi connectivity index (χ3v) is 6.76. The van der Waals surface area contributed by atoms with Gasteiger partial charge in [-0.05, 0) is 19.1 Å². The van der Waals surface area contributed by atoms with E-state index in [0.717, 1.165) is 28.9 Å². The van der Waals surface area contributed by atoms with Crippen LogP contribution in [0.15, 0.2) is 29.2 Å². The minimum absolute atomic E-state index is 0.0407. The molecule has 2 heterocycles. The standard InChI is InChI=1S/C14H18N2O3S2/c1-11(15-6-8-20-9-7-15)10-16-14(17)12-4-2-3-5-13(12)21(16,18)19/h2-5,11H,6-10H2,1H3. The molecule has 7 heteroatoms. The van der Waals surface area contributed by atoms with Crippen LogP contribution in [0.4, 0.5) is 0 Å². The molecule has 1 unspecified atom stereocenters. The zero-order valence-electron chi connectivity index (χ0n) is 11.9. The molecule has 21 heavy (non-hydrogen) atoms. The highest BCUT2D eigenvalue weighted by Gasteiger charge is 2.41. The number of sulfonamides is 1. The summed E-state index contributed by atoms with van der Waals surface area (Å²) < 4.78 is 26.0. The lowest BCUT2D eigenvalue weighted by Gasteiger charge is -2.33. The first kappa shape index (κ1) is 14.9. The molecule has 0 aromatic heterocycles. The van der Waals surface area contributed by atoms with Crippen LogP contribution in [0.25, 0.3) is 0 Å². The molecule has 5 nitrogen and oxygen atoms in total. The first-order valence-corrected chi connectivity index (χ1v) is 9.59. The van der Waals surface area contributed by atoms with Crippen molar-refractivity contribution in [1.29, 1.82) is 0 Å². The maximum Gasteiger partial charge on any atom is 0.269 e. The molecule has 0 saturated carbocycles. The average molecular weight is 326 g/mol. The Morgan fingerprint density at radius 2 is 1.90 bits per heavy atom. The molecule has 1 saturated heterocycles.